The molecule has 1 heterocycles. The lowest BCUT2D eigenvalue weighted by Gasteiger charge is -2.15. The fourth-order valence-electron chi connectivity index (χ4n) is 2.72. The molecule has 0 radical (unpaired) electrons. The largest absolute Gasteiger partial charge is 0.478 e. The van der Waals surface area contributed by atoms with Crippen molar-refractivity contribution in [2.24, 2.45) is 7.05 Å². The van der Waals surface area contributed by atoms with Gasteiger partial charge in [-0.1, -0.05) is 30.3 Å². The molecule has 29 heavy (non-hydrogen) atoms. The molecule has 0 unspecified atom stereocenters. The number of halogens is 1. The lowest BCUT2D eigenvalue weighted by Crippen LogP contribution is -2.47. The van der Waals surface area contributed by atoms with Crippen LogP contribution >= 0.6 is 0 Å². The van der Waals surface area contributed by atoms with Gasteiger partial charge in [0.1, 0.15) is 0 Å². The normalized spacial score (nSPS) is 11.7. The Kier molecular flexibility index (Phi) is 5.87. The molecule has 0 spiro atoms. The molecular weight excluding hydrogens is 379 g/mol. The number of ether oxygens (including phenoxy) is 1. The number of hydrazine groups is 1. The second-order valence-electron chi connectivity index (χ2n) is 6.33. The number of para-hydroxylation sites is 1. The van der Waals surface area contributed by atoms with Crippen LogP contribution in [0.4, 0.5) is 4.39 Å². The molecule has 0 saturated carbocycles. The lowest BCUT2D eigenvalue weighted by atomic mass is 10.1. The molecule has 0 aliphatic carbocycles. The maximum absolute atomic E-state index is 13.6. The molecule has 0 bridgehead atoms. The number of hydrogen-bond donors (Lipinski definition) is 2. The number of aryl methyl sites for hydroxylation is 1. The van der Waals surface area contributed by atoms with Gasteiger partial charge in [-0.2, -0.15) is 5.10 Å². The zero-order chi connectivity index (χ0) is 21.0. The summed E-state index contributed by atoms with van der Waals surface area (Å²) in [5.74, 6) is -1.85. The number of nitrogens with one attached hydrogen (secondary N) is 2. The second kappa shape index (κ2) is 8.51. The lowest BCUT2D eigenvalue weighted by molar-refractivity contribution is -0.132. The summed E-state index contributed by atoms with van der Waals surface area (Å²) in [5, 5.41) is 5.14. The Hall–Kier alpha value is -3.75. The number of aromatic nitrogens is 2. The fraction of sp³-hybridized carbons (Fsp3) is 0.200. The molecule has 3 rings (SSSR count). The fourth-order valence-corrected chi connectivity index (χ4v) is 2.72. The Bertz CT molecular complexity index is 1130. The molecule has 3 aromatic rings. The maximum Gasteiger partial charge on any atom is 0.279 e. The molecule has 1 aromatic heterocycles. The summed E-state index contributed by atoms with van der Waals surface area (Å²) in [5.41, 5.74) is 4.63. The predicted molar refractivity (Wildman–Crippen MR) is 103 cm³/mol. The van der Waals surface area contributed by atoms with Crippen LogP contribution in [0.15, 0.2) is 53.3 Å². The van der Waals surface area contributed by atoms with Crippen molar-refractivity contribution in [1.29, 1.82) is 0 Å². The van der Waals surface area contributed by atoms with Gasteiger partial charge >= 0.3 is 0 Å². The number of fused-ring (bicyclic) bond motifs is 1. The molecule has 2 amide bonds. The monoisotopic (exact) mass is 398 g/mol. The molecule has 2 N–H and O–H groups in total. The van der Waals surface area contributed by atoms with Crippen molar-refractivity contribution in [3.05, 3.63) is 70.4 Å². The minimum atomic E-state index is -1.04. The van der Waals surface area contributed by atoms with E-state index in [4.69, 9.17) is 4.74 Å². The first-order valence-electron chi connectivity index (χ1n) is 8.81. The number of benzene rings is 2. The number of carbonyl (C=O) groups is 2. The maximum atomic E-state index is 13.6. The highest BCUT2D eigenvalue weighted by molar-refractivity contribution is 5.89. The molecular formula is C20H19FN4O4. The quantitative estimate of drug-likeness (QED) is 0.630. The topological polar surface area (TPSA) is 102 Å². The molecule has 9 heteroatoms. The first-order valence-corrected chi connectivity index (χ1v) is 8.81. The highest BCUT2D eigenvalue weighted by Crippen LogP contribution is 2.17. The Labute approximate surface area is 165 Å². The minimum absolute atomic E-state index is 0.0673. The number of hydrogen-bond acceptors (Lipinski definition) is 5. The third-order valence-electron chi connectivity index (χ3n) is 4.20. The summed E-state index contributed by atoms with van der Waals surface area (Å²) in [6, 6.07) is 12.5. The Balaban J connectivity index is 1.62. The van der Waals surface area contributed by atoms with Crippen molar-refractivity contribution >= 4 is 22.6 Å². The smallest absolute Gasteiger partial charge is 0.279 e. The van der Waals surface area contributed by atoms with Crippen LogP contribution in [-0.2, 0) is 23.1 Å². The average molecular weight is 398 g/mol. The summed E-state index contributed by atoms with van der Waals surface area (Å²) < 4.78 is 20.0. The molecule has 150 valence electrons. The highest BCUT2D eigenvalue weighted by atomic mass is 19.1. The summed E-state index contributed by atoms with van der Waals surface area (Å²) in [7, 11) is 1.50. The zero-order valence-electron chi connectivity index (χ0n) is 15.8. The van der Waals surface area contributed by atoms with Gasteiger partial charge in [0.05, 0.1) is 17.5 Å². The van der Waals surface area contributed by atoms with Crippen LogP contribution in [0.5, 0.6) is 5.75 Å². The van der Waals surface area contributed by atoms with E-state index in [-0.39, 0.29) is 17.7 Å². The van der Waals surface area contributed by atoms with Gasteiger partial charge in [0.25, 0.3) is 11.5 Å². The van der Waals surface area contributed by atoms with Gasteiger partial charge < -0.3 is 4.74 Å². The Morgan fingerprint density at radius 2 is 1.76 bits per heavy atom. The third kappa shape index (κ3) is 4.57. The van der Waals surface area contributed by atoms with E-state index < -0.39 is 23.7 Å². The number of carbonyl (C=O) groups excluding carboxylic acids is 2. The van der Waals surface area contributed by atoms with Gasteiger partial charge in [0, 0.05) is 12.4 Å². The molecule has 0 aliphatic rings. The van der Waals surface area contributed by atoms with Crippen LogP contribution in [0, 0.1) is 5.82 Å². The van der Waals surface area contributed by atoms with E-state index in [1.54, 1.807) is 30.3 Å². The van der Waals surface area contributed by atoms with Crippen LogP contribution < -0.4 is 21.1 Å². The van der Waals surface area contributed by atoms with Crippen molar-refractivity contribution in [2.75, 3.05) is 0 Å². The molecule has 0 fully saturated rings. The van der Waals surface area contributed by atoms with Gasteiger partial charge in [-0.25, -0.2) is 9.07 Å². The van der Waals surface area contributed by atoms with Crippen molar-refractivity contribution in [1.82, 2.24) is 20.6 Å². The molecule has 0 saturated heterocycles. The summed E-state index contributed by atoms with van der Waals surface area (Å²) in [6.45, 7) is 1.43. The Morgan fingerprint density at radius 3 is 2.48 bits per heavy atom. The third-order valence-corrected chi connectivity index (χ3v) is 4.20. The van der Waals surface area contributed by atoms with Crippen LogP contribution in [0.2, 0.25) is 0 Å². The van der Waals surface area contributed by atoms with Crippen LogP contribution in [0.3, 0.4) is 0 Å². The van der Waals surface area contributed by atoms with E-state index in [9.17, 15) is 18.8 Å². The van der Waals surface area contributed by atoms with E-state index in [0.29, 0.717) is 16.5 Å². The van der Waals surface area contributed by atoms with E-state index in [1.165, 1.54) is 32.2 Å². The van der Waals surface area contributed by atoms with Gasteiger partial charge in [0.2, 0.25) is 5.91 Å². The average Bonchev–Trinajstić information content (AvgIpc) is 2.71. The van der Waals surface area contributed by atoms with Crippen LogP contribution in [0.25, 0.3) is 10.8 Å². The van der Waals surface area contributed by atoms with E-state index in [1.807, 2.05) is 0 Å². The number of amides is 2. The van der Waals surface area contributed by atoms with Crippen LogP contribution in [-0.4, -0.2) is 27.7 Å². The van der Waals surface area contributed by atoms with Gasteiger partial charge in [-0.15, -0.1) is 0 Å². The van der Waals surface area contributed by atoms with Crippen molar-refractivity contribution in [3.8, 4) is 5.75 Å². The van der Waals surface area contributed by atoms with E-state index >= 15 is 0 Å². The zero-order valence-corrected chi connectivity index (χ0v) is 15.8. The second-order valence-corrected chi connectivity index (χ2v) is 6.33. The standard InChI is InChI=1S/C20H19FN4O4/c1-12(29-17-10-6-5-9-15(17)21)19(27)23-22-18(26)11-16-13-7-3-4-8-14(13)20(28)25(2)24-16/h3-10,12H,11H2,1-2H3,(H,22,26)(H,23,27)/t12-/m0/s1. The summed E-state index contributed by atoms with van der Waals surface area (Å²) in [6.07, 6.45) is -1.19. The summed E-state index contributed by atoms with van der Waals surface area (Å²) in [4.78, 5) is 36.5. The van der Waals surface area contributed by atoms with Crippen molar-refractivity contribution in [3.63, 3.8) is 0 Å². The number of rotatable bonds is 5. The molecule has 0 aliphatic heterocycles. The molecule has 8 nitrogen and oxygen atoms in total. The predicted octanol–water partition coefficient (Wildman–Crippen LogP) is 1.23. The van der Waals surface area contributed by atoms with Gasteiger partial charge in [0.15, 0.2) is 17.7 Å². The van der Waals surface area contributed by atoms with E-state index in [2.05, 4.69) is 16.0 Å². The van der Waals surface area contributed by atoms with E-state index in [0.717, 1.165) is 4.68 Å². The van der Waals surface area contributed by atoms with Crippen LogP contribution in [0.1, 0.15) is 12.6 Å². The minimum Gasteiger partial charge on any atom is -0.478 e. The molecule has 1 atom stereocenters. The number of nitrogens with zero attached hydrogens (tertiary/aromatic N) is 2. The summed E-state index contributed by atoms with van der Waals surface area (Å²) >= 11 is 0. The first-order chi connectivity index (χ1) is 13.9. The van der Waals surface area contributed by atoms with Gasteiger partial charge in [-0.05, 0) is 25.1 Å². The molecule has 2 aromatic carbocycles. The SMILES string of the molecule is C[C@H](Oc1ccccc1F)C(=O)NNC(=O)Cc1nn(C)c(=O)c2ccccc12. The first kappa shape index (κ1) is 20.0. The van der Waals surface area contributed by atoms with Crippen molar-refractivity contribution < 1.29 is 18.7 Å². The Morgan fingerprint density at radius 1 is 1.10 bits per heavy atom. The highest BCUT2D eigenvalue weighted by Gasteiger charge is 2.18. The van der Waals surface area contributed by atoms with Crippen molar-refractivity contribution in [2.45, 2.75) is 19.4 Å². The van der Waals surface area contributed by atoms with Gasteiger partial charge in [-0.3, -0.25) is 25.2 Å².